The molecule has 0 aromatic carbocycles. The number of nitrogens with one attached hydrogen (secondary N) is 1. The molecule has 1 N–H and O–H groups in total. The lowest BCUT2D eigenvalue weighted by molar-refractivity contribution is 0.0621. The van der Waals surface area contributed by atoms with E-state index >= 15 is 0 Å². The number of hydrogen-bond donors (Lipinski definition) is 1. The maximum absolute atomic E-state index is 14.0. The van der Waals surface area contributed by atoms with Gasteiger partial charge in [0.25, 0.3) is 0 Å². The monoisotopic (exact) mass is 265 g/mol. The van der Waals surface area contributed by atoms with E-state index in [-0.39, 0.29) is 17.4 Å². The molecule has 2 rings (SSSR count). The quantitative estimate of drug-likeness (QED) is 0.907. The molecule has 0 spiro atoms. The van der Waals surface area contributed by atoms with Gasteiger partial charge in [0.05, 0.1) is 12.2 Å². The third kappa shape index (κ3) is 2.95. The van der Waals surface area contributed by atoms with Gasteiger partial charge in [0.2, 0.25) is 0 Å². The first-order valence-corrected chi connectivity index (χ1v) is 7.09. The number of likely N-dealkylation sites (tertiary alicyclic amines) is 1. The van der Waals surface area contributed by atoms with Crippen LogP contribution in [0.2, 0.25) is 0 Å². The average molecular weight is 265 g/mol. The molecular formula is C15H24FN3. The molecule has 1 aliphatic rings. The number of likely N-dealkylation sites (N-methyl/N-ethyl adjacent to an activating group) is 1. The van der Waals surface area contributed by atoms with Crippen LogP contribution in [0.5, 0.6) is 0 Å². The normalized spacial score (nSPS) is 19.4. The fourth-order valence-electron chi connectivity index (χ4n) is 3.16. The predicted octanol–water partition coefficient (Wildman–Crippen LogP) is 2.75. The van der Waals surface area contributed by atoms with E-state index in [4.69, 9.17) is 0 Å². The van der Waals surface area contributed by atoms with Crippen LogP contribution < -0.4 is 5.32 Å². The lowest BCUT2D eigenvalue weighted by Gasteiger charge is -2.46. The van der Waals surface area contributed by atoms with Crippen LogP contribution in [0.4, 0.5) is 4.39 Å². The minimum Gasteiger partial charge on any atom is -0.311 e. The Balaban J connectivity index is 2.27. The highest BCUT2D eigenvalue weighted by atomic mass is 19.1. The van der Waals surface area contributed by atoms with Crippen LogP contribution in [-0.4, -0.2) is 35.6 Å². The van der Waals surface area contributed by atoms with Gasteiger partial charge >= 0.3 is 0 Å². The summed E-state index contributed by atoms with van der Waals surface area (Å²) in [6.07, 6.45) is 6.73. The minimum atomic E-state index is -0.230. The van der Waals surface area contributed by atoms with Crippen LogP contribution in [0.3, 0.4) is 0 Å². The molecule has 19 heavy (non-hydrogen) atoms. The third-order valence-corrected chi connectivity index (χ3v) is 4.28. The molecule has 1 aliphatic heterocycles. The van der Waals surface area contributed by atoms with Gasteiger partial charge < -0.3 is 5.32 Å². The molecule has 0 saturated carbocycles. The number of piperidine rings is 1. The van der Waals surface area contributed by atoms with Crippen molar-refractivity contribution in [3.63, 3.8) is 0 Å². The van der Waals surface area contributed by atoms with Crippen molar-refractivity contribution >= 4 is 0 Å². The summed E-state index contributed by atoms with van der Waals surface area (Å²) < 4.78 is 14.0. The molecule has 1 fully saturated rings. The summed E-state index contributed by atoms with van der Waals surface area (Å²) in [6.45, 7) is 6.58. The van der Waals surface area contributed by atoms with Crippen molar-refractivity contribution in [3.8, 4) is 0 Å². The van der Waals surface area contributed by atoms with E-state index in [9.17, 15) is 4.39 Å². The van der Waals surface area contributed by atoms with Crippen molar-refractivity contribution in [3.05, 3.63) is 29.8 Å². The summed E-state index contributed by atoms with van der Waals surface area (Å²) in [5.74, 6) is -0.230. The maximum atomic E-state index is 14.0. The topological polar surface area (TPSA) is 28.2 Å². The van der Waals surface area contributed by atoms with Crippen molar-refractivity contribution in [2.45, 2.75) is 44.7 Å². The summed E-state index contributed by atoms with van der Waals surface area (Å²) in [7, 11) is 1.90. The first-order chi connectivity index (χ1) is 9.07. The largest absolute Gasteiger partial charge is 0.311 e. The lowest BCUT2D eigenvalue weighted by atomic mass is 9.85. The van der Waals surface area contributed by atoms with Crippen LogP contribution in [0.25, 0.3) is 0 Å². The van der Waals surface area contributed by atoms with E-state index in [1.54, 1.807) is 12.3 Å². The fraction of sp³-hybridized carbons (Fsp3) is 0.667. The van der Waals surface area contributed by atoms with Crippen molar-refractivity contribution in [1.29, 1.82) is 0 Å². The Bertz CT molecular complexity index is 414. The highest BCUT2D eigenvalue weighted by Crippen LogP contribution is 2.33. The Hall–Kier alpha value is -1.00. The van der Waals surface area contributed by atoms with Gasteiger partial charge in [-0.1, -0.05) is 6.42 Å². The molecule has 1 aromatic rings. The van der Waals surface area contributed by atoms with Gasteiger partial charge in [-0.15, -0.1) is 0 Å². The highest BCUT2D eigenvalue weighted by molar-refractivity contribution is 5.21. The minimum absolute atomic E-state index is 0.0337. The second-order valence-corrected chi connectivity index (χ2v) is 5.82. The van der Waals surface area contributed by atoms with E-state index in [2.05, 4.69) is 29.0 Å². The summed E-state index contributed by atoms with van der Waals surface area (Å²) >= 11 is 0. The molecule has 2 heterocycles. The predicted molar refractivity (Wildman–Crippen MR) is 75.5 cm³/mol. The van der Waals surface area contributed by atoms with Crippen molar-refractivity contribution in [2.24, 2.45) is 0 Å². The maximum Gasteiger partial charge on any atom is 0.146 e. The van der Waals surface area contributed by atoms with Crippen LogP contribution in [0.15, 0.2) is 18.5 Å². The molecule has 1 unspecified atom stereocenters. The third-order valence-electron chi connectivity index (χ3n) is 4.28. The van der Waals surface area contributed by atoms with Gasteiger partial charge in [-0.2, -0.15) is 0 Å². The van der Waals surface area contributed by atoms with Gasteiger partial charge in [-0.25, -0.2) is 4.39 Å². The SMILES string of the molecule is CNC(c1ccncc1F)C(C)(C)N1CCCCC1. The molecule has 1 atom stereocenters. The first-order valence-electron chi connectivity index (χ1n) is 7.09. The van der Waals surface area contributed by atoms with Crippen molar-refractivity contribution in [2.75, 3.05) is 20.1 Å². The fourth-order valence-corrected chi connectivity index (χ4v) is 3.16. The number of pyridine rings is 1. The summed E-state index contributed by atoms with van der Waals surface area (Å²) in [4.78, 5) is 6.31. The van der Waals surface area contributed by atoms with E-state index in [1.165, 1.54) is 25.5 Å². The molecule has 1 aromatic heterocycles. The van der Waals surface area contributed by atoms with Crippen LogP contribution >= 0.6 is 0 Å². The van der Waals surface area contributed by atoms with Gasteiger partial charge in [-0.3, -0.25) is 9.88 Å². The molecule has 1 saturated heterocycles. The Morgan fingerprint density at radius 2 is 2.00 bits per heavy atom. The number of aromatic nitrogens is 1. The average Bonchev–Trinajstić information content (AvgIpc) is 2.42. The molecular weight excluding hydrogens is 241 g/mol. The van der Waals surface area contributed by atoms with Crippen molar-refractivity contribution in [1.82, 2.24) is 15.2 Å². The van der Waals surface area contributed by atoms with Gasteiger partial charge in [0.15, 0.2) is 0 Å². The second-order valence-electron chi connectivity index (χ2n) is 5.82. The van der Waals surface area contributed by atoms with E-state index in [0.29, 0.717) is 5.56 Å². The summed E-state index contributed by atoms with van der Waals surface area (Å²) in [5, 5.41) is 3.29. The second kappa shape index (κ2) is 5.97. The zero-order valence-corrected chi connectivity index (χ0v) is 12.1. The summed E-state index contributed by atoms with van der Waals surface area (Å²) in [5.41, 5.74) is 0.588. The Morgan fingerprint density at radius 3 is 2.58 bits per heavy atom. The smallest absolute Gasteiger partial charge is 0.146 e. The zero-order chi connectivity index (χ0) is 13.9. The molecule has 3 nitrogen and oxygen atoms in total. The molecule has 106 valence electrons. The molecule has 0 amide bonds. The zero-order valence-electron chi connectivity index (χ0n) is 12.1. The van der Waals surface area contributed by atoms with Crippen LogP contribution in [0, 0.1) is 5.82 Å². The van der Waals surface area contributed by atoms with Crippen LogP contribution in [0.1, 0.15) is 44.7 Å². The Morgan fingerprint density at radius 1 is 1.32 bits per heavy atom. The lowest BCUT2D eigenvalue weighted by Crippen LogP contribution is -2.54. The van der Waals surface area contributed by atoms with E-state index < -0.39 is 0 Å². The number of nitrogens with zero attached hydrogens (tertiary/aromatic N) is 2. The van der Waals surface area contributed by atoms with Gasteiger partial charge in [-0.05, 0) is 52.9 Å². The molecule has 0 radical (unpaired) electrons. The van der Waals surface area contributed by atoms with E-state index in [1.807, 2.05) is 7.05 Å². The Kier molecular flexibility index (Phi) is 4.53. The van der Waals surface area contributed by atoms with E-state index in [0.717, 1.165) is 13.1 Å². The molecule has 4 heteroatoms. The highest BCUT2D eigenvalue weighted by Gasteiger charge is 2.37. The molecule has 0 bridgehead atoms. The van der Waals surface area contributed by atoms with Gasteiger partial charge in [0.1, 0.15) is 5.82 Å². The number of halogens is 1. The molecule has 0 aliphatic carbocycles. The first kappa shape index (κ1) is 14.4. The standard InChI is InChI=1S/C15H24FN3/c1-15(2,19-9-5-4-6-10-19)14(17-3)12-7-8-18-11-13(12)16/h7-8,11,14,17H,4-6,9-10H2,1-3H3. The van der Waals surface area contributed by atoms with Crippen molar-refractivity contribution < 1.29 is 4.39 Å². The number of rotatable bonds is 4. The van der Waals surface area contributed by atoms with Gasteiger partial charge in [0, 0.05) is 17.3 Å². The number of hydrogen-bond acceptors (Lipinski definition) is 3. The summed E-state index contributed by atoms with van der Waals surface area (Å²) in [6, 6.07) is 1.75. The van der Waals surface area contributed by atoms with Crippen LogP contribution in [-0.2, 0) is 0 Å². The Labute approximate surface area is 115 Å².